The number of hydrogen-bond donors (Lipinski definition) is 1. The molecule has 2 atom stereocenters. The fourth-order valence-corrected chi connectivity index (χ4v) is 4.67. The van der Waals surface area contributed by atoms with Crippen molar-refractivity contribution in [3.05, 3.63) is 52.2 Å². The summed E-state index contributed by atoms with van der Waals surface area (Å²) in [5.74, 6) is 1.78. The van der Waals surface area contributed by atoms with Crippen molar-refractivity contribution in [2.75, 3.05) is 12.8 Å². The van der Waals surface area contributed by atoms with E-state index >= 15 is 0 Å². The molecule has 0 saturated heterocycles. The summed E-state index contributed by atoms with van der Waals surface area (Å²) in [6, 6.07) is 13.6. The summed E-state index contributed by atoms with van der Waals surface area (Å²) in [4.78, 5) is 2.89. The van der Waals surface area contributed by atoms with E-state index < -0.39 is 0 Å². The van der Waals surface area contributed by atoms with Crippen LogP contribution in [0.1, 0.15) is 22.4 Å². The molecule has 1 aromatic carbocycles. The summed E-state index contributed by atoms with van der Waals surface area (Å²) in [7, 11) is 2.07. The lowest BCUT2D eigenvalue weighted by atomic mass is 9.92. The lowest BCUT2D eigenvalue weighted by molar-refractivity contribution is 0.522. The Labute approximate surface area is 110 Å². The Morgan fingerprint density at radius 2 is 2.12 bits per heavy atom. The minimum atomic E-state index is 0.450. The third-order valence-electron chi connectivity index (χ3n) is 3.30. The Balaban J connectivity index is 1.95. The number of rotatable bonds is 3. The second kappa shape index (κ2) is 4.84. The first-order valence-corrected chi connectivity index (χ1v) is 7.69. The van der Waals surface area contributed by atoms with Crippen molar-refractivity contribution >= 4 is 23.1 Å². The molecule has 3 heteroatoms. The van der Waals surface area contributed by atoms with Gasteiger partial charge in [-0.05, 0) is 30.1 Å². The molecular formula is C14H15NS2. The SMILES string of the molecule is CNC(c1cccs1)C1CSc2ccccc21. The molecule has 1 nitrogen and oxygen atoms in total. The average Bonchev–Trinajstić information content (AvgIpc) is 3.01. The Morgan fingerprint density at radius 3 is 2.88 bits per heavy atom. The van der Waals surface area contributed by atoms with Gasteiger partial charge in [-0.2, -0.15) is 0 Å². The number of likely N-dealkylation sites (N-methyl/N-ethyl adjacent to an activating group) is 1. The van der Waals surface area contributed by atoms with Gasteiger partial charge >= 0.3 is 0 Å². The van der Waals surface area contributed by atoms with Gasteiger partial charge < -0.3 is 5.32 Å². The number of fused-ring (bicyclic) bond motifs is 1. The smallest absolute Gasteiger partial charge is 0.0490 e. The van der Waals surface area contributed by atoms with Gasteiger partial charge in [0.25, 0.3) is 0 Å². The number of thiophene rings is 1. The first-order valence-electron chi connectivity index (χ1n) is 5.82. The largest absolute Gasteiger partial charge is 0.312 e. The second-order valence-electron chi connectivity index (χ2n) is 4.24. The van der Waals surface area contributed by atoms with Crippen molar-refractivity contribution in [1.29, 1.82) is 0 Å². The standard InChI is InChI=1S/C14H15NS2/c1-15-14(13-7-4-8-16-13)11-9-17-12-6-3-2-5-10(11)12/h2-8,11,14-15H,9H2,1H3. The van der Waals surface area contributed by atoms with Crippen LogP contribution in [0.3, 0.4) is 0 Å². The van der Waals surface area contributed by atoms with Gasteiger partial charge in [0.05, 0.1) is 0 Å². The fraction of sp³-hybridized carbons (Fsp3) is 0.286. The molecule has 2 heterocycles. The van der Waals surface area contributed by atoms with Gasteiger partial charge in [-0.25, -0.2) is 0 Å². The van der Waals surface area contributed by atoms with Crippen molar-refractivity contribution in [3.63, 3.8) is 0 Å². The number of hydrogen-bond acceptors (Lipinski definition) is 3. The van der Waals surface area contributed by atoms with Gasteiger partial charge in [0.1, 0.15) is 0 Å². The molecule has 0 bridgehead atoms. The molecule has 0 fully saturated rings. The molecule has 1 N–H and O–H groups in total. The van der Waals surface area contributed by atoms with Crippen molar-refractivity contribution in [2.45, 2.75) is 16.9 Å². The quantitative estimate of drug-likeness (QED) is 0.899. The molecule has 1 aliphatic heterocycles. The van der Waals surface area contributed by atoms with E-state index in [1.807, 2.05) is 23.1 Å². The molecule has 0 spiro atoms. The van der Waals surface area contributed by atoms with E-state index in [1.54, 1.807) is 0 Å². The van der Waals surface area contributed by atoms with Crippen molar-refractivity contribution < 1.29 is 0 Å². The van der Waals surface area contributed by atoms with Gasteiger partial charge in [-0.15, -0.1) is 23.1 Å². The summed E-state index contributed by atoms with van der Waals surface area (Å²) in [5, 5.41) is 5.64. The Kier molecular flexibility index (Phi) is 3.23. The molecule has 3 rings (SSSR count). The topological polar surface area (TPSA) is 12.0 Å². The van der Waals surface area contributed by atoms with E-state index in [0.717, 1.165) is 0 Å². The minimum absolute atomic E-state index is 0.450. The van der Waals surface area contributed by atoms with Crippen LogP contribution in [-0.4, -0.2) is 12.8 Å². The summed E-state index contributed by atoms with van der Waals surface area (Å²) in [5.41, 5.74) is 1.50. The first-order chi connectivity index (χ1) is 8.40. The molecule has 1 aliphatic rings. The lowest BCUT2D eigenvalue weighted by Gasteiger charge is -2.22. The maximum absolute atomic E-state index is 3.48. The summed E-state index contributed by atoms with van der Waals surface area (Å²) in [6.45, 7) is 0. The Morgan fingerprint density at radius 1 is 1.24 bits per heavy atom. The highest BCUT2D eigenvalue weighted by molar-refractivity contribution is 7.99. The van der Waals surface area contributed by atoms with Gasteiger partial charge in [0, 0.05) is 27.5 Å². The Hall–Kier alpha value is -0.770. The van der Waals surface area contributed by atoms with Crippen LogP contribution in [0.15, 0.2) is 46.7 Å². The monoisotopic (exact) mass is 261 g/mol. The highest BCUT2D eigenvalue weighted by atomic mass is 32.2. The second-order valence-corrected chi connectivity index (χ2v) is 6.28. The molecular weight excluding hydrogens is 246 g/mol. The minimum Gasteiger partial charge on any atom is -0.312 e. The van der Waals surface area contributed by atoms with Crippen LogP contribution in [0.5, 0.6) is 0 Å². The Bertz CT molecular complexity index is 493. The van der Waals surface area contributed by atoms with E-state index in [4.69, 9.17) is 0 Å². The van der Waals surface area contributed by atoms with Gasteiger partial charge in [0.15, 0.2) is 0 Å². The predicted octanol–water partition coefficient (Wildman–Crippen LogP) is 3.90. The third kappa shape index (κ3) is 2.03. The van der Waals surface area contributed by atoms with Gasteiger partial charge in [-0.3, -0.25) is 0 Å². The van der Waals surface area contributed by atoms with Crippen molar-refractivity contribution in [3.8, 4) is 0 Å². The average molecular weight is 261 g/mol. The molecule has 0 saturated carbocycles. The molecule has 88 valence electrons. The van der Waals surface area contributed by atoms with E-state index in [1.165, 1.54) is 21.1 Å². The third-order valence-corrected chi connectivity index (χ3v) is 5.46. The summed E-state index contributed by atoms with van der Waals surface area (Å²) >= 11 is 3.83. The molecule has 2 unspecified atom stereocenters. The molecule has 17 heavy (non-hydrogen) atoms. The number of benzene rings is 1. The predicted molar refractivity (Wildman–Crippen MR) is 76.0 cm³/mol. The van der Waals surface area contributed by atoms with Gasteiger partial charge in [-0.1, -0.05) is 24.3 Å². The summed E-state index contributed by atoms with van der Waals surface area (Å²) < 4.78 is 0. The van der Waals surface area contributed by atoms with E-state index in [9.17, 15) is 0 Å². The molecule has 0 amide bonds. The van der Waals surface area contributed by atoms with Crippen LogP contribution in [0.4, 0.5) is 0 Å². The normalized spacial score (nSPS) is 20.2. The molecule has 0 radical (unpaired) electrons. The van der Waals surface area contributed by atoms with Crippen LogP contribution >= 0.6 is 23.1 Å². The van der Waals surface area contributed by atoms with Crippen LogP contribution in [-0.2, 0) is 0 Å². The van der Waals surface area contributed by atoms with E-state index in [-0.39, 0.29) is 0 Å². The number of nitrogens with one attached hydrogen (secondary N) is 1. The van der Waals surface area contributed by atoms with E-state index in [2.05, 4.69) is 54.1 Å². The van der Waals surface area contributed by atoms with Crippen LogP contribution in [0.25, 0.3) is 0 Å². The fourth-order valence-electron chi connectivity index (χ4n) is 2.47. The van der Waals surface area contributed by atoms with Crippen LogP contribution < -0.4 is 5.32 Å². The summed E-state index contributed by atoms with van der Waals surface area (Å²) in [6.07, 6.45) is 0. The zero-order valence-electron chi connectivity index (χ0n) is 9.72. The highest BCUT2D eigenvalue weighted by Crippen LogP contribution is 2.45. The molecule has 1 aromatic heterocycles. The number of thioether (sulfide) groups is 1. The first kappa shape index (κ1) is 11.3. The zero-order chi connectivity index (χ0) is 11.7. The highest BCUT2D eigenvalue weighted by Gasteiger charge is 2.30. The maximum Gasteiger partial charge on any atom is 0.0490 e. The van der Waals surface area contributed by atoms with Gasteiger partial charge in [0.2, 0.25) is 0 Å². The zero-order valence-corrected chi connectivity index (χ0v) is 11.4. The van der Waals surface area contributed by atoms with Crippen molar-refractivity contribution in [1.82, 2.24) is 5.32 Å². The van der Waals surface area contributed by atoms with Crippen LogP contribution in [0.2, 0.25) is 0 Å². The van der Waals surface area contributed by atoms with Crippen molar-refractivity contribution in [2.24, 2.45) is 0 Å². The molecule has 0 aliphatic carbocycles. The van der Waals surface area contributed by atoms with E-state index in [0.29, 0.717) is 12.0 Å². The maximum atomic E-state index is 3.48. The lowest BCUT2D eigenvalue weighted by Crippen LogP contribution is -2.23. The molecule has 2 aromatic rings. The van der Waals surface area contributed by atoms with Crippen LogP contribution in [0, 0.1) is 0 Å².